The molecule has 10 nitrogen and oxygen atoms in total. The molecule has 0 saturated heterocycles. The summed E-state index contributed by atoms with van der Waals surface area (Å²) >= 11 is 0. The number of hydrogen-bond acceptors (Lipinski definition) is 7. The molecule has 5 rings (SSSR count). The number of aryl methyl sites for hydroxylation is 1. The number of para-hydroxylation sites is 1. The van der Waals surface area contributed by atoms with Gasteiger partial charge in [0.05, 0.1) is 5.39 Å². The van der Waals surface area contributed by atoms with Crippen molar-refractivity contribution in [2.45, 2.75) is 19.3 Å². The summed E-state index contributed by atoms with van der Waals surface area (Å²) in [6.07, 6.45) is 3.18. The lowest BCUT2D eigenvalue weighted by atomic mass is 10.2. The van der Waals surface area contributed by atoms with Crippen molar-refractivity contribution in [3.8, 4) is 11.4 Å². The Morgan fingerprint density at radius 3 is 2.68 bits per heavy atom. The highest BCUT2D eigenvalue weighted by Crippen LogP contribution is 2.26. The molecule has 0 aliphatic heterocycles. The number of nitrogens with one attached hydrogen (secondary N) is 4. The first-order valence-electron chi connectivity index (χ1n) is 11.1. The van der Waals surface area contributed by atoms with Gasteiger partial charge in [0.2, 0.25) is 17.6 Å². The molecule has 2 aromatic carbocycles. The molecule has 5 aromatic rings. The third-order valence-electron chi connectivity index (χ3n) is 5.53. The topological polar surface area (TPSA) is 142 Å². The van der Waals surface area contributed by atoms with E-state index in [1.54, 1.807) is 6.07 Å². The summed E-state index contributed by atoms with van der Waals surface area (Å²) in [7, 11) is 0. The average molecular weight is 457 g/mol. The standard InChI is InChI=1S/C24H23N7O3/c32-20(25-12-5-13-26-22-16-7-1-2-8-17(16)24(33)30-29-22)10-11-21-28-23(31-34-21)18-14-27-19-9-4-3-6-15(18)19/h1-4,6-9,14,27H,5,10-13H2,(H,25,32)(H,26,29)(H,30,33). The van der Waals surface area contributed by atoms with Gasteiger partial charge in [-0.3, -0.25) is 9.59 Å². The lowest BCUT2D eigenvalue weighted by Crippen LogP contribution is -2.26. The van der Waals surface area contributed by atoms with Gasteiger partial charge in [0, 0.05) is 54.0 Å². The number of benzene rings is 2. The molecule has 0 radical (unpaired) electrons. The lowest BCUT2D eigenvalue weighted by Gasteiger charge is -2.08. The van der Waals surface area contributed by atoms with Crippen LogP contribution in [0.3, 0.4) is 0 Å². The number of hydrogen-bond donors (Lipinski definition) is 4. The van der Waals surface area contributed by atoms with Gasteiger partial charge in [-0.15, -0.1) is 0 Å². The number of rotatable bonds is 9. The van der Waals surface area contributed by atoms with E-state index in [0.29, 0.717) is 48.9 Å². The number of aromatic nitrogens is 5. The minimum Gasteiger partial charge on any atom is -0.368 e. The van der Waals surface area contributed by atoms with Crippen LogP contribution < -0.4 is 16.2 Å². The van der Waals surface area contributed by atoms with Gasteiger partial charge in [-0.05, 0) is 18.6 Å². The van der Waals surface area contributed by atoms with Crippen LogP contribution in [0.15, 0.2) is 64.0 Å². The molecule has 0 aliphatic rings. The van der Waals surface area contributed by atoms with E-state index in [1.165, 1.54) is 0 Å². The molecule has 10 heteroatoms. The normalized spacial score (nSPS) is 11.2. The highest BCUT2D eigenvalue weighted by molar-refractivity contribution is 5.93. The molecular weight excluding hydrogens is 434 g/mol. The molecule has 172 valence electrons. The van der Waals surface area contributed by atoms with Crippen LogP contribution in [0.4, 0.5) is 5.82 Å². The number of aromatic amines is 2. The zero-order valence-corrected chi connectivity index (χ0v) is 18.3. The van der Waals surface area contributed by atoms with Crippen LogP contribution >= 0.6 is 0 Å². The number of H-pyrrole nitrogens is 2. The number of nitrogens with zero attached hydrogens (tertiary/aromatic N) is 3. The molecule has 0 aliphatic carbocycles. The van der Waals surface area contributed by atoms with Gasteiger partial charge in [0.25, 0.3) is 5.56 Å². The van der Waals surface area contributed by atoms with Gasteiger partial charge in [-0.2, -0.15) is 10.1 Å². The van der Waals surface area contributed by atoms with Crippen LogP contribution in [0.1, 0.15) is 18.7 Å². The Bertz CT molecular complexity index is 1500. The van der Waals surface area contributed by atoms with Crippen LogP contribution in [0, 0.1) is 0 Å². The largest absolute Gasteiger partial charge is 0.368 e. The Kier molecular flexibility index (Phi) is 6.02. The lowest BCUT2D eigenvalue weighted by molar-refractivity contribution is -0.121. The van der Waals surface area contributed by atoms with Crippen molar-refractivity contribution in [2.24, 2.45) is 0 Å². The SMILES string of the molecule is O=C(CCc1nc(-c2c[nH]c3ccccc23)no1)NCCCNc1n[nH]c(=O)c2ccccc12. The maximum Gasteiger partial charge on any atom is 0.272 e. The average Bonchev–Trinajstić information content (AvgIpc) is 3.51. The molecule has 34 heavy (non-hydrogen) atoms. The van der Waals surface area contributed by atoms with Gasteiger partial charge in [-0.25, -0.2) is 5.10 Å². The van der Waals surface area contributed by atoms with Gasteiger partial charge < -0.3 is 20.1 Å². The number of fused-ring (bicyclic) bond motifs is 2. The van der Waals surface area contributed by atoms with Crippen molar-refractivity contribution in [3.63, 3.8) is 0 Å². The van der Waals surface area contributed by atoms with Crippen molar-refractivity contribution in [2.75, 3.05) is 18.4 Å². The molecule has 0 saturated carbocycles. The second-order valence-electron chi connectivity index (χ2n) is 7.84. The fraction of sp³-hybridized carbons (Fsp3) is 0.208. The molecule has 0 atom stereocenters. The minimum atomic E-state index is -0.219. The summed E-state index contributed by atoms with van der Waals surface area (Å²) < 4.78 is 5.33. The molecule has 3 aromatic heterocycles. The third kappa shape index (κ3) is 4.51. The first-order valence-corrected chi connectivity index (χ1v) is 11.1. The predicted octanol–water partition coefficient (Wildman–Crippen LogP) is 3.01. The summed E-state index contributed by atoms with van der Waals surface area (Å²) in [5.74, 6) is 1.46. The first kappa shape index (κ1) is 21.4. The van der Waals surface area contributed by atoms with Gasteiger partial charge in [0.15, 0.2) is 5.82 Å². The predicted molar refractivity (Wildman–Crippen MR) is 128 cm³/mol. The van der Waals surface area contributed by atoms with Crippen LogP contribution in [0.2, 0.25) is 0 Å². The van der Waals surface area contributed by atoms with Gasteiger partial charge in [-0.1, -0.05) is 41.6 Å². The van der Waals surface area contributed by atoms with E-state index in [9.17, 15) is 9.59 Å². The van der Waals surface area contributed by atoms with Crippen molar-refractivity contribution in [3.05, 3.63) is 71.0 Å². The van der Waals surface area contributed by atoms with E-state index in [-0.39, 0.29) is 17.9 Å². The molecule has 0 unspecified atom stereocenters. The van der Waals surface area contributed by atoms with Crippen LogP contribution in [0.5, 0.6) is 0 Å². The highest BCUT2D eigenvalue weighted by Gasteiger charge is 2.14. The summed E-state index contributed by atoms with van der Waals surface area (Å²) in [5, 5.41) is 19.1. The zero-order chi connectivity index (χ0) is 23.3. The maximum absolute atomic E-state index is 12.2. The Morgan fingerprint density at radius 2 is 1.79 bits per heavy atom. The molecule has 4 N–H and O–H groups in total. The van der Waals surface area contributed by atoms with E-state index in [1.807, 2.05) is 48.7 Å². The Labute approximate surface area is 193 Å². The van der Waals surface area contributed by atoms with Crippen LogP contribution in [-0.4, -0.2) is 44.3 Å². The summed E-state index contributed by atoms with van der Waals surface area (Å²) in [4.78, 5) is 31.7. The molecule has 3 heterocycles. The van der Waals surface area contributed by atoms with Crippen molar-refractivity contribution in [1.82, 2.24) is 30.6 Å². The molecule has 0 fully saturated rings. The zero-order valence-electron chi connectivity index (χ0n) is 18.3. The Balaban J connectivity index is 1.07. The molecule has 1 amide bonds. The van der Waals surface area contributed by atoms with Crippen molar-refractivity contribution >= 4 is 33.4 Å². The van der Waals surface area contributed by atoms with Gasteiger partial charge in [0.1, 0.15) is 0 Å². The number of anilines is 1. The number of carbonyl (C=O) groups is 1. The monoisotopic (exact) mass is 457 g/mol. The summed E-state index contributed by atoms with van der Waals surface area (Å²) in [5.41, 5.74) is 1.65. The van der Waals surface area contributed by atoms with E-state index >= 15 is 0 Å². The Hall–Kier alpha value is -4.47. The van der Waals surface area contributed by atoms with E-state index in [4.69, 9.17) is 4.52 Å². The number of amides is 1. The fourth-order valence-corrected chi connectivity index (χ4v) is 3.80. The van der Waals surface area contributed by atoms with Crippen LogP contribution in [-0.2, 0) is 11.2 Å². The van der Waals surface area contributed by atoms with E-state index < -0.39 is 0 Å². The maximum atomic E-state index is 12.2. The Morgan fingerprint density at radius 1 is 1.00 bits per heavy atom. The highest BCUT2D eigenvalue weighted by atomic mass is 16.5. The van der Waals surface area contributed by atoms with E-state index in [2.05, 4.69) is 36.0 Å². The molecule has 0 spiro atoms. The minimum absolute atomic E-state index is 0.0838. The van der Waals surface area contributed by atoms with Crippen molar-refractivity contribution in [1.29, 1.82) is 0 Å². The van der Waals surface area contributed by atoms with Gasteiger partial charge >= 0.3 is 0 Å². The molecule has 0 bridgehead atoms. The summed E-state index contributed by atoms with van der Waals surface area (Å²) in [6.45, 7) is 1.11. The van der Waals surface area contributed by atoms with E-state index in [0.717, 1.165) is 21.9 Å². The molecular formula is C24H23N7O3. The van der Waals surface area contributed by atoms with Crippen LogP contribution in [0.25, 0.3) is 33.1 Å². The third-order valence-corrected chi connectivity index (χ3v) is 5.53. The fourth-order valence-electron chi connectivity index (χ4n) is 3.80. The number of carbonyl (C=O) groups excluding carboxylic acids is 1. The first-order chi connectivity index (χ1) is 16.7. The smallest absolute Gasteiger partial charge is 0.272 e. The second-order valence-corrected chi connectivity index (χ2v) is 7.84. The quantitative estimate of drug-likeness (QED) is 0.249. The second kappa shape index (κ2) is 9.57. The summed E-state index contributed by atoms with van der Waals surface area (Å²) in [6, 6.07) is 15.2. The van der Waals surface area contributed by atoms with Crippen molar-refractivity contribution < 1.29 is 9.32 Å².